The summed E-state index contributed by atoms with van der Waals surface area (Å²) in [5, 5.41) is 32.8. The van der Waals surface area contributed by atoms with Gasteiger partial charge in [-0.1, -0.05) is 29.8 Å². The number of aliphatic carboxylic acids is 1. The highest BCUT2D eigenvalue weighted by molar-refractivity contribution is 5.93. The molecule has 6 heteroatoms. The normalized spacial score (nSPS) is 36.0. The summed E-state index contributed by atoms with van der Waals surface area (Å²) >= 11 is 0. The van der Waals surface area contributed by atoms with Crippen LogP contribution < -0.4 is 0 Å². The number of hydrogen-bond donors (Lipinski definition) is 3. The minimum absolute atomic E-state index is 0.127. The van der Waals surface area contributed by atoms with Gasteiger partial charge >= 0.3 is 5.97 Å². The second-order valence-corrected chi connectivity index (χ2v) is 6.84. The Morgan fingerprint density at radius 2 is 2.13 bits per heavy atom. The highest BCUT2D eigenvalue weighted by atomic mass is 16.6. The third kappa shape index (κ3) is 3.51. The van der Waals surface area contributed by atoms with Gasteiger partial charge in [-0.3, -0.25) is 0 Å². The van der Waals surface area contributed by atoms with Crippen LogP contribution in [0.1, 0.15) is 38.5 Å². The maximum absolute atomic E-state index is 10.4. The first-order valence-corrected chi connectivity index (χ1v) is 8.34. The van der Waals surface area contributed by atoms with Crippen LogP contribution in [0.3, 0.4) is 0 Å². The number of oxime groups is 1. The molecule has 126 valence electrons. The molecule has 0 spiro atoms. The van der Waals surface area contributed by atoms with Crippen molar-refractivity contribution in [2.45, 2.75) is 50.7 Å². The number of aliphatic hydroxyl groups excluding tert-OH is 2. The van der Waals surface area contributed by atoms with E-state index >= 15 is 0 Å². The lowest BCUT2D eigenvalue weighted by molar-refractivity contribution is -0.142. The van der Waals surface area contributed by atoms with Crippen LogP contribution in [-0.2, 0) is 9.63 Å². The lowest BCUT2D eigenvalue weighted by atomic mass is 9.73. The summed E-state index contributed by atoms with van der Waals surface area (Å²) in [7, 11) is 0. The van der Waals surface area contributed by atoms with Gasteiger partial charge in [-0.25, -0.2) is 4.79 Å². The highest BCUT2D eigenvalue weighted by Crippen LogP contribution is 2.48. The quantitative estimate of drug-likeness (QED) is 0.530. The van der Waals surface area contributed by atoms with Crippen molar-refractivity contribution < 1.29 is 25.0 Å². The predicted molar refractivity (Wildman–Crippen MR) is 82.5 cm³/mol. The van der Waals surface area contributed by atoms with Crippen LogP contribution in [0.5, 0.6) is 0 Å². The van der Waals surface area contributed by atoms with Crippen molar-refractivity contribution in [3.05, 3.63) is 0 Å². The fourth-order valence-electron chi connectivity index (χ4n) is 4.01. The van der Waals surface area contributed by atoms with Crippen LogP contribution in [0.25, 0.3) is 0 Å². The second-order valence-electron chi connectivity index (χ2n) is 6.84. The molecule has 3 rings (SSSR count). The summed E-state index contributed by atoms with van der Waals surface area (Å²) in [4.78, 5) is 15.2. The molecule has 0 amide bonds. The third-order valence-corrected chi connectivity index (χ3v) is 5.38. The first kappa shape index (κ1) is 16.3. The molecule has 0 saturated heterocycles. The van der Waals surface area contributed by atoms with Gasteiger partial charge in [0, 0.05) is 11.8 Å². The first-order chi connectivity index (χ1) is 11.1. The van der Waals surface area contributed by atoms with Crippen molar-refractivity contribution in [2.75, 3.05) is 6.61 Å². The van der Waals surface area contributed by atoms with E-state index in [-0.39, 0.29) is 23.7 Å². The number of carboxylic acid groups (broad SMARTS) is 1. The Morgan fingerprint density at radius 3 is 2.83 bits per heavy atom. The molecule has 0 bridgehead atoms. The lowest BCUT2D eigenvalue weighted by Crippen LogP contribution is -2.38. The first-order valence-electron chi connectivity index (χ1n) is 8.34. The predicted octanol–water partition coefficient (Wildman–Crippen LogP) is 1.01. The molecule has 5 unspecified atom stereocenters. The molecule has 6 nitrogen and oxygen atoms in total. The molecule has 5 atom stereocenters. The molecule has 3 aliphatic rings. The molecule has 0 aromatic rings. The fraction of sp³-hybridized carbons (Fsp3) is 0.765. The largest absolute Gasteiger partial charge is 0.479 e. The average molecular weight is 321 g/mol. The third-order valence-electron chi connectivity index (χ3n) is 5.38. The van der Waals surface area contributed by atoms with Gasteiger partial charge < -0.3 is 20.2 Å². The number of carboxylic acids is 1. The molecule has 0 heterocycles. The zero-order valence-corrected chi connectivity index (χ0v) is 13.0. The summed E-state index contributed by atoms with van der Waals surface area (Å²) < 4.78 is 0. The Kier molecular flexibility index (Phi) is 4.88. The summed E-state index contributed by atoms with van der Waals surface area (Å²) in [6.07, 6.45) is 4.64. The Labute approximate surface area is 135 Å². The number of rotatable bonds is 4. The number of nitrogens with zero attached hydrogens (tertiary/aromatic N) is 1. The van der Waals surface area contributed by atoms with Gasteiger partial charge in [0.25, 0.3) is 0 Å². The van der Waals surface area contributed by atoms with Crippen LogP contribution >= 0.6 is 0 Å². The van der Waals surface area contributed by atoms with E-state index in [0.717, 1.165) is 31.4 Å². The van der Waals surface area contributed by atoms with Crippen molar-refractivity contribution in [1.82, 2.24) is 0 Å². The molecule has 0 aromatic carbocycles. The molecule has 0 aromatic heterocycles. The van der Waals surface area contributed by atoms with E-state index in [1.165, 1.54) is 0 Å². The Balaban J connectivity index is 1.54. The number of aliphatic hydroxyl groups is 2. The Hall–Kier alpha value is -1.58. The van der Waals surface area contributed by atoms with E-state index in [2.05, 4.69) is 17.0 Å². The zero-order chi connectivity index (χ0) is 16.4. The van der Waals surface area contributed by atoms with Crippen LogP contribution in [0.2, 0.25) is 0 Å². The van der Waals surface area contributed by atoms with E-state index in [1.807, 2.05) is 0 Å². The fourth-order valence-corrected chi connectivity index (χ4v) is 4.01. The van der Waals surface area contributed by atoms with Crippen molar-refractivity contribution >= 4 is 11.7 Å². The topological polar surface area (TPSA) is 99.4 Å². The maximum Gasteiger partial charge on any atom is 0.344 e. The standard InChI is InChI=1S/C17H23NO5/c19-15(10-3-1-2-4-10)6-5-11-7-12-13(17(11)22)8-14(12)18-23-9-16(20)21/h10-13,15,17,19,22H,1-4,7-9H2,(H,20,21)/b18-14-. The monoisotopic (exact) mass is 321 g/mol. The SMILES string of the molecule is O=C(O)CO/N=C1/CC2C1CC(C#CC(O)C1CCCC1)C2O. The molecule has 23 heavy (non-hydrogen) atoms. The molecule has 3 saturated carbocycles. The molecule has 0 radical (unpaired) electrons. The van der Waals surface area contributed by atoms with Gasteiger partial charge in [0.1, 0.15) is 6.10 Å². The molecule has 3 N–H and O–H groups in total. The molecule has 3 fully saturated rings. The lowest BCUT2D eigenvalue weighted by Gasteiger charge is -2.33. The van der Waals surface area contributed by atoms with Crippen LogP contribution in [-0.4, -0.2) is 45.8 Å². The van der Waals surface area contributed by atoms with E-state index in [9.17, 15) is 15.0 Å². The zero-order valence-electron chi connectivity index (χ0n) is 13.0. The number of fused-ring (bicyclic) bond motifs is 1. The smallest absolute Gasteiger partial charge is 0.344 e. The van der Waals surface area contributed by atoms with Gasteiger partial charge in [-0.05, 0) is 37.5 Å². The minimum atomic E-state index is -1.05. The molecular weight excluding hydrogens is 298 g/mol. The van der Waals surface area contributed by atoms with Gasteiger partial charge in [0.15, 0.2) is 0 Å². The van der Waals surface area contributed by atoms with Gasteiger partial charge in [-0.2, -0.15) is 0 Å². The Morgan fingerprint density at radius 1 is 1.39 bits per heavy atom. The summed E-state index contributed by atoms with van der Waals surface area (Å²) in [6, 6.07) is 0. The maximum atomic E-state index is 10.4. The highest BCUT2D eigenvalue weighted by Gasteiger charge is 2.51. The van der Waals surface area contributed by atoms with Gasteiger partial charge in [0.05, 0.1) is 11.8 Å². The number of carbonyl (C=O) groups is 1. The van der Waals surface area contributed by atoms with E-state index in [4.69, 9.17) is 9.94 Å². The van der Waals surface area contributed by atoms with Crippen molar-refractivity contribution in [1.29, 1.82) is 0 Å². The van der Waals surface area contributed by atoms with Crippen LogP contribution in [0.15, 0.2) is 5.16 Å². The van der Waals surface area contributed by atoms with Crippen molar-refractivity contribution in [3.63, 3.8) is 0 Å². The summed E-state index contributed by atoms with van der Waals surface area (Å²) in [5.41, 5.74) is 0.816. The van der Waals surface area contributed by atoms with Crippen molar-refractivity contribution in [2.24, 2.45) is 28.8 Å². The average Bonchev–Trinajstić information content (AvgIpc) is 3.10. The number of hydrogen-bond acceptors (Lipinski definition) is 5. The molecule has 3 aliphatic carbocycles. The van der Waals surface area contributed by atoms with Gasteiger partial charge in [-0.15, -0.1) is 0 Å². The second kappa shape index (κ2) is 6.90. The van der Waals surface area contributed by atoms with Gasteiger partial charge in [0.2, 0.25) is 6.61 Å². The molecule has 0 aliphatic heterocycles. The molecular formula is C17H23NO5. The van der Waals surface area contributed by atoms with Crippen molar-refractivity contribution in [3.8, 4) is 11.8 Å². The Bertz CT molecular complexity index is 543. The summed E-state index contributed by atoms with van der Waals surface area (Å²) in [6.45, 7) is -0.444. The minimum Gasteiger partial charge on any atom is -0.479 e. The van der Waals surface area contributed by atoms with Crippen LogP contribution in [0.4, 0.5) is 0 Å². The van der Waals surface area contributed by atoms with E-state index in [1.54, 1.807) is 0 Å². The summed E-state index contributed by atoms with van der Waals surface area (Å²) in [5.74, 6) is 5.33. The van der Waals surface area contributed by atoms with E-state index in [0.29, 0.717) is 12.8 Å². The van der Waals surface area contributed by atoms with Crippen LogP contribution in [0, 0.1) is 35.5 Å². The van der Waals surface area contributed by atoms with E-state index < -0.39 is 24.8 Å².